The molecule has 1 unspecified atom stereocenters. The molecule has 100 valence electrons. The van der Waals surface area contributed by atoms with Gasteiger partial charge in [0.2, 0.25) is 0 Å². The number of methoxy groups -OCH3 is 1. The van der Waals surface area contributed by atoms with Crippen molar-refractivity contribution >= 4 is 21.8 Å². The molecule has 0 aliphatic heterocycles. The highest BCUT2D eigenvalue weighted by Crippen LogP contribution is 2.34. The molecule has 0 radical (unpaired) electrons. The maximum absolute atomic E-state index is 10.5. The molecule has 1 atom stereocenters. The summed E-state index contributed by atoms with van der Waals surface area (Å²) in [6, 6.07) is 7.67. The van der Waals surface area contributed by atoms with Gasteiger partial charge in [-0.25, -0.2) is 0 Å². The van der Waals surface area contributed by atoms with Crippen LogP contribution < -0.4 is 4.74 Å². The lowest BCUT2D eigenvalue weighted by molar-refractivity contribution is -0.402. The summed E-state index contributed by atoms with van der Waals surface area (Å²) in [4.78, 5) is 9.89. The van der Waals surface area contributed by atoms with Crippen LogP contribution in [0.25, 0.3) is 0 Å². The van der Waals surface area contributed by atoms with Crippen LogP contribution in [-0.2, 0) is 0 Å². The molecule has 0 saturated carbocycles. The molecule has 6 nitrogen and oxygen atoms in total. The van der Waals surface area contributed by atoms with E-state index in [2.05, 4.69) is 15.9 Å². The van der Waals surface area contributed by atoms with E-state index >= 15 is 0 Å². The van der Waals surface area contributed by atoms with E-state index in [1.54, 1.807) is 18.2 Å². The van der Waals surface area contributed by atoms with Gasteiger partial charge < -0.3 is 14.3 Å². The molecular formula is C12H10BrNO5. The van der Waals surface area contributed by atoms with Crippen LogP contribution >= 0.6 is 15.9 Å². The van der Waals surface area contributed by atoms with Crippen LogP contribution in [0.3, 0.4) is 0 Å². The normalized spacial score (nSPS) is 12.2. The second kappa shape index (κ2) is 5.41. The van der Waals surface area contributed by atoms with Crippen molar-refractivity contribution in [2.45, 2.75) is 6.10 Å². The fourth-order valence-electron chi connectivity index (χ4n) is 1.66. The summed E-state index contributed by atoms with van der Waals surface area (Å²) < 4.78 is 10.9. The van der Waals surface area contributed by atoms with Crippen molar-refractivity contribution in [3.8, 4) is 5.75 Å². The summed E-state index contributed by atoms with van der Waals surface area (Å²) in [5, 5.41) is 20.8. The minimum atomic E-state index is -1.14. The topological polar surface area (TPSA) is 85.7 Å². The maximum Gasteiger partial charge on any atom is 0.433 e. The third-order valence-electron chi connectivity index (χ3n) is 2.55. The van der Waals surface area contributed by atoms with Gasteiger partial charge >= 0.3 is 5.88 Å². The molecule has 1 aromatic carbocycles. The number of hydrogen-bond donors (Lipinski definition) is 1. The van der Waals surface area contributed by atoms with Crippen LogP contribution in [0.15, 0.2) is 39.2 Å². The van der Waals surface area contributed by atoms with Crippen LogP contribution in [0.4, 0.5) is 5.88 Å². The molecule has 0 bridgehead atoms. The number of nitro groups is 1. The number of aliphatic hydroxyl groups is 1. The van der Waals surface area contributed by atoms with Gasteiger partial charge in [0.1, 0.15) is 22.5 Å². The number of nitrogens with zero attached hydrogens (tertiary/aromatic N) is 1. The highest BCUT2D eigenvalue weighted by Gasteiger charge is 2.22. The van der Waals surface area contributed by atoms with Gasteiger partial charge in [-0.3, -0.25) is 10.1 Å². The number of hydrogen-bond acceptors (Lipinski definition) is 5. The van der Waals surface area contributed by atoms with Gasteiger partial charge in [-0.05, 0) is 24.3 Å². The predicted octanol–water partition coefficient (Wildman–Crippen LogP) is 3.04. The SMILES string of the molecule is COc1ccc(Br)cc1C(O)c1ccc([N+](=O)[O-])o1. The van der Waals surface area contributed by atoms with Crippen LogP contribution in [0, 0.1) is 10.1 Å². The van der Waals surface area contributed by atoms with E-state index < -0.39 is 16.9 Å². The van der Waals surface area contributed by atoms with E-state index in [9.17, 15) is 15.2 Å². The first kappa shape index (κ1) is 13.6. The molecule has 0 spiro atoms. The fourth-order valence-corrected chi connectivity index (χ4v) is 2.04. The van der Waals surface area contributed by atoms with Crippen molar-refractivity contribution in [3.05, 3.63) is 56.2 Å². The monoisotopic (exact) mass is 327 g/mol. The smallest absolute Gasteiger partial charge is 0.433 e. The third-order valence-corrected chi connectivity index (χ3v) is 3.04. The minimum absolute atomic E-state index is 0.0862. The summed E-state index contributed by atoms with van der Waals surface area (Å²) in [5.41, 5.74) is 0.459. The highest BCUT2D eigenvalue weighted by atomic mass is 79.9. The van der Waals surface area contributed by atoms with Crippen molar-refractivity contribution in [1.82, 2.24) is 0 Å². The van der Waals surface area contributed by atoms with Gasteiger partial charge in [-0.2, -0.15) is 0 Å². The summed E-state index contributed by atoms with van der Waals surface area (Å²) in [6.45, 7) is 0. The molecule has 1 N–H and O–H groups in total. The summed E-state index contributed by atoms with van der Waals surface area (Å²) in [7, 11) is 1.48. The Morgan fingerprint density at radius 2 is 2.16 bits per heavy atom. The Morgan fingerprint density at radius 3 is 2.74 bits per heavy atom. The lowest BCUT2D eigenvalue weighted by Gasteiger charge is -2.13. The Hall–Kier alpha value is -1.86. The molecule has 1 aromatic heterocycles. The van der Waals surface area contributed by atoms with E-state index in [1.165, 1.54) is 19.2 Å². The van der Waals surface area contributed by atoms with Crippen molar-refractivity contribution < 1.29 is 19.2 Å². The van der Waals surface area contributed by atoms with Crippen LogP contribution in [0.2, 0.25) is 0 Å². The predicted molar refractivity (Wildman–Crippen MR) is 70.1 cm³/mol. The van der Waals surface area contributed by atoms with Crippen LogP contribution in [0.5, 0.6) is 5.75 Å². The van der Waals surface area contributed by atoms with Gasteiger partial charge in [0.05, 0.1) is 13.2 Å². The molecular weight excluding hydrogens is 318 g/mol. The zero-order valence-electron chi connectivity index (χ0n) is 9.87. The number of furan rings is 1. The van der Waals surface area contributed by atoms with E-state index in [0.717, 1.165) is 4.47 Å². The molecule has 1 heterocycles. The molecule has 19 heavy (non-hydrogen) atoms. The second-order valence-corrected chi connectivity index (χ2v) is 4.64. The lowest BCUT2D eigenvalue weighted by atomic mass is 10.1. The average molecular weight is 328 g/mol. The van der Waals surface area contributed by atoms with Crippen molar-refractivity contribution in [2.24, 2.45) is 0 Å². The third kappa shape index (κ3) is 2.77. The molecule has 7 heteroatoms. The number of benzene rings is 1. The van der Waals surface area contributed by atoms with Gasteiger partial charge in [-0.1, -0.05) is 15.9 Å². The van der Waals surface area contributed by atoms with Crippen LogP contribution in [-0.4, -0.2) is 17.1 Å². The zero-order valence-corrected chi connectivity index (χ0v) is 11.5. The summed E-state index contributed by atoms with van der Waals surface area (Å²) >= 11 is 3.29. The van der Waals surface area contributed by atoms with Crippen molar-refractivity contribution in [3.63, 3.8) is 0 Å². The molecule has 0 saturated heterocycles. The summed E-state index contributed by atoms with van der Waals surface area (Å²) in [6.07, 6.45) is -1.14. The standard InChI is InChI=1S/C12H10BrNO5/c1-18-9-3-2-7(13)6-8(9)12(15)10-4-5-11(19-10)14(16)17/h2-6,12,15H,1H3. The molecule has 2 aromatic rings. The molecule has 2 rings (SSSR count). The van der Waals surface area contributed by atoms with Gasteiger partial charge in [0, 0.05) is 10.0 Å². The maximum atomic E-state index is 10.5. The first-order chi connectivity index (χ1) is 9.02. The number of ether oxygens (including phenoxy) is 1. The largest absolute Gasteiger partial charge is 0.496 e. The number of rotatable bonds is 4. The van der Waals surface area contributed by atoms with E-state index in [-0.39, 0.29) is 5.76 Å². The Kier molecular flexibility index (Phi) is 3.87. The Bertz CT molecular complexity index is 610. The Labute approximate surface area is 116 Å². The molecule has 0 aliphatic carbocycles. The quantitative estimate of drug-likeness (QED) is 0.689. The number of halogens is 1. The second-order valence-electron chi connectivity index (χ2n) is 3.72. The van der Waals surface area contributed by atoms with E-state index in [4.69, 9.17) is 9.15 Å². The van der Waals surface area contributed by atoms with E-state index in [1.807, 2.05) is 0 Å². The fraction of sp³-hybridized carbons (Fsp3) is 0.167. The van der Waals surface area contributed by atoms with Crippen molar-refractivity contribution in [2.75, 3.05) is 7.11 Å². The zero-order chi connectivity index (χ0) is 14.0. The Morgan fingerprint density at radius 1 is 1.42 bits per heavy atom. The van der Waals surface area contributed by atoms with Gasteiger partial charge in [0.25, 0.3) is 0 Å². The lowest BCUT2D eigenvalue weighted by Crippen LogP contribution is -2.01. The number of aliphatic hydroxyl groups excluding tert-OH is 1. The minimum Gasteiger partial charge on any atom is -0.496 e. The first-order valence-electron chi connectivity index (χ1n) is 5.28. The van der Waals surface area contributed by atoms with Gasteiger partial charge in [-0.15, -0.1) is 0 Å². The average Bonchev–Trinajstić information content (AvgIpc) is 2.87. The molecule has 0 aliphatic rings. The van der Waals surface area contributed by atoms with Crippen molar-refractivity contribution in [1.29, 1.82) is 0 Å². The Balaban J connectivity index is 2.39. The molecule has 0 fully saturated rings. The molecule has 0 amide bonds. The van der Waals surface area contributed by atoms with Crippen LogP contribution in [0.1, 0.15) is 17.4 Å². The van der Waals surface area contributed by atoms with E-state index in [0.29, 0.717) is 11.3 Å². The first-order valence-corrected chi connectivity index (χ1v) is 6.08. The highest BCUT2D eigenvalue weighted by molar-refractivity contribution is 9.10. The summed E-state index contributed by atoms with van der Waals surface area (Å²) in [5.74, 6) is 0.140. The van der Waals surface area contributed by atoms with Gasteiger partial charge in [0.15, 0.2) is 0 Å².